The number of pyridine rings is 1. The zero-order valence-electron chi connectivity index (χ0n) is 12.6. The standard InChI is InChI=1S/C13H12ClN5O4S/c1-22-10-5-11(23-2)18-13(17-10)19-24(20,21)8-6-15-12-7(8)3-4-9(14)16-12/h3-6H,1-2H3,(H,15,16)(H,17,18,19). The van der Waals surface area contributed by atoms with Gasteiger partial charge >= 0.3 is 0 Å². The van der Waals surface area contributed by atoms with Crippen molar-refractivity contribution >= 4 is 38.6 Å². The fourth-order valence-electron chi connectivity index (χ4n) is 2.01. The summed E-state index contributed by atoms with van der Waals surface area (Å²) in [5, 5.41) is 0.642. The molecule has 3 aromatic heterocycles. The molecule has 0 spiro atoms. The first-order valence-electron chi connectivity index (χ1n) is 6.56. The molecule has 11 heteroatoms. The number of H-pyrrole nitrogens is 1. The number of hydrogen-bond acceptors (Lipinski definition) is 7. The summed E-state index contributed by atoms with van der Waals surface area (Å²) in [4.78, 5) is 14.6. The van der Waals surface area contributed by atoms with Crippen LogP contribution < -0.4 is 14.2 Å². The average molecular weight is 370 g/mol. The highest BCUT2D eigenvalue weighted by Gasteiger charge is 2.21. The predicted octanol–water partition coefficient (Wildman–Crippen LogP) is 1.82. The lowest BCUT2D eigenvalue weighted by Gasteiger charge is -2.08. The molecule has 3 aromatic rings. The van der Waals surface area contributed by atoms with E-state index in [1.807, 2.05) is 0 Å². The largest absolute Gasteiger partial charge is 0.481 e. The van der Waals surface area contributed by atoms with Crippen LogP contribution in [0.4, 0.5) is 5.95 Å². The Morgan fingerprint density at radius 2 is 1.79 bits per heavy atom. The number of nitrogens with one attached hydrogen (secondary N) is 2. The van der Waals surface area contributed by atoms with Crippen molar-refractivity contribution in [1.29, 1.82) is 0 Å². The first kappa shape index (κ1) is 16.3. The molecule has 0 amide bonds. The number of aromatic amines is 1. The number of ether oxygens (including phenoxy) is 2. The number of methoxy groups -OCH3 is 2. The van der Waals surface area contributed by atoms with E-state index < -0.39 is 10.0 Å². The van der Waals surface area contributed by atoms with Gasteiger partial charge in [0.25, 0.3) is 10.0 Å². The summed E-state index contributed by atoms with van der Waals surface area (Å²) in [5.41, 5.74) is 0.354. The summed E-state index contributed by atoms with van der Waals surface area (Å²) in [6, 6.07) is 4.49. The highest BCUT2D eigenvalue weighted by molar-refractivity contribution is 7.93. The highest BCUT2D eigenvalue weighted by Crippen LogP contribution is 2.25. The number of nitrogens with zero attached hydrogens (tertiary/aromatic N) is 3. The Hall–Kier alpha value is -2.59. The molecule has 0 unspecified atom stereocenters. The van der Waals surface area contributed by atoms with E-state index in [-0.39, 0.29) is 27.8 Å². The van der Waals surface area contributed by atoms with E-state index >= 15 is 0 Å². The minimum atomic E-state index is -3.96. The number of sulfonamides is 1. The van der Waals surface area contributed by atoms with Gasteiger partial charge in [-0.2, -0.15) is 9.97 Å². The second kappa shape index (κ2) is 6.13. The van der Waals surface area contributed by atoms with Gasteiger partial charge in [0.1, 0.15) is 15.7 Å². The third kappa shape index (κ3) is 3.05. The van der Waals surface area contributed by atoms with Crippen LogP contribution in [0.5, 0.6) is 11.8 Å². The van der Waals surface area contributed by atoms with Crippen molar-refractivity contribution in [3.8, 4) is 11.8 Å². The molecule has 3 heterocycles. The fraction of sp³-hybridized carbons (Fsp3) is 0.154. The van der Waals surface area contributed by atoms with Crippen LogP contribution in [-0.2, 0) is 10.0 Å². The van der Waals surface area contributed by atoms with Gasteiger partial charge < -0.3 is 14.5 Å². The van der Waals surface area contributed by atoms with Crippen LogP contribution in [0.2, 0.25) is 5.15 Å². The number of aromatic nitrogens is 4. The van der Waals surface area contributed by atoms with Crippen LogP contribution in [-0.4, -0.2) is 42.6 Å². The molecule has 0 saturated carbocycles. The van der Waals surface area contributed by atoms with Crippen LogP contribution in [0.15, 0.2) is 29.3 Å². The summed E-state index contributed by atoms with van der Waals surface area (Å²) in [6.07, 6.45) is 1.31. The van der Waals surface area contributed by atoms with Crippen LogP contribution >= 0.6 is 11.6 Å². The summed E-state index contributed by atoms with van der Waals surface area (Å²) >= 11 is 5.79. The van der Waals surface area contributed by atoms with Crippen molar-refractivity contribution < 1.29 is 17.9 Å². The molecular weight excluding hydrogens is 358 g/mol. The number of halogens is 1. The Morgan fingerprint density at radius 3 is 2.42 bits per heavy atom. The third-order valence-corrected chi connectivity index (χ3v) is 4.66. The Labute approximate surface area is 142 Å². The zero-order chi connectivity index (χ0) is 17.3. The monoisotopic (exact) mass is 369 g/mol. The summed E-state index contributed by atoms with van der Waals surface area (Å²) in [5.74, 6) is 0.140. The van der Waals surface area contributed by atoms with Crippen LogP contribution in [0.25, 0.3) is 11.0 Å². The SMILES string of the molecule is COc1cc(OC)nc(NS(=O)(=O)c2c[nH]c3nc(Cl)ccc23)n1. The minimum absolute atomic E-state index is 0.00736. The Bertz CT molecular complexity index is 983. The Morgan fingerprint density at radius 1 is 1.12 bits per heavy atom. The third-order valence-electron chi connectivity index (χ3n) is 3.08. The van der Waals surface area contributed by atoms with Gasteiger partial charge in [-0.05, 0) is 12.1 Å². The molecule has 0 fully saturated rings. The maximum absolute atomic E-state index is 12.6. The van der Waals surface area contributed by atoms with Crippen LogP contribution in [0.3, 0.4) is 0 Å². The minimum Gasteiger partial charge on any atom is -0.481 e. The van der Waals surface area contributed by atoms with E-state index in [1.54, 1.807) is 6.07 Å². The van der Waals surface area contributed by atoms with E-state index in [9.17, 15) is 8.42 Å². The Kier molecular flexibility index (Phi) is 4.16. The molecule has 24 heavy (non-hydrogen) atoms. The van der Waals surface area contributed by atoms with Crippen molar-refractivity contribution in [2.75, 3.05) is 18.9 Å². The van der Waals surface area contributed by atoms with Crippen molar-refractivity contribution in [1.82, 2.24) is 19.9 Å². The first-order chi connectivity index (χ1) is 11.4. The lowest BCUT2D eigenvalue weighted by Crippen LogP contribution is -2.15. The maximum atomic E-state index is 12.6. The first-order valence-corrected chi connectivity index (χ1v) is 8.42. The van der Waals surface area contributed by atoms with Gasteiger partial charge in [0, 0.05) is 11.6 Å². The smallest absolute Gasteiger partial charge is 0.266 e. The van der Waals surface area contributed by atoms with E-state index in [0.29, 0.717) is 11.0 Å². The lowest BCUT2D eigenvalue weighted by atomic mass is 10.3. The topological polar surface area (TPSA) is 119 Å². The molecule has 0 aromatic carbocycles. The lowest BCUT2D eigenvalue weighted by molar-refractivity contribution is 0.373. The second-order valence-corrected chi connectivity index (χ2v) is 6.60. The molecule has 0 atom stereocenters. The molecule has 9 nitrogen and oxygen atoms in total. The van der Waals surface area contributed by atoms with Crippen molar-refractivity contribution in [3.05, 3.63) is 29.5 Å². The van der Waals surface area contributed by atoms with E-state index in [0.717, 1.165) is 0 Å². The van der Waals surface area contributed by atoms with E-state index in [2.05, 4.69) is 24.7 Å². The normalized spacial score (nSPS) is 11.5. The number of hydrogen-bond donors (Lipinski definition) is 2. The van der Waals surface area contributed by atoms with Crippen LogP contribution in [0, 0.1) is 0 Å². The Balaban J connectivity index is 2.02. The van der Waals surface area contributed by atoms with Crippen molar-refractivity contribution in [3.63, 3.8) is 0 Å². The quantitative estimate of drug-likeness (QED) is 0.658. The molecule has 0 saturated heterocycles. The molecule has 126 valence electrons. The van der Waals surface area contributed by atoms with Gasteiger partial charge in [-0.1, -0.05) is 11.6 Å². The summed E-state index contributed by atoms with van der Waals surface area (Å²) in [7, 11) is -1.16. The molecule has 3 rings (SSSR count). The maximum Gasteiger partial charge on any atom is 0.266 e. The summed E-state index contributed by atoms with van der Waals surface area (Å²) < 4.78 is 37.5. The van der Waals surface area contributed by atoms with Gasteiger partial charge in [0.15, 0.2) is 0 Å². The molecular formula is C13H12ClN5O4S. The molecule has 0 aliphatic carbocycles. The molecule has 0 radical (unpaired) electrons. The van der Waals surface area contributed by atoms with Gasteiger partial charge in [0.05, 0.1) is 20.3 Å². The van der Waals surface area contributed by atoms with E-state index in [1.165, 1.54) is 32.5 Å². The second-order valence-electron chi connectivity index (χ2n) is 4.56. The average Bonchev–Trinajstić information content (AvgIpc) is 2.97. The van der Waals surface area contributed by atoms with Gasteiger partial charge in [0.2, 0.25) is 17.7 Å². The van der Waals surface area contributed by atoms with Crippen molar-refractivity contribution in [2.45, 2.75) is 4.90 Å². The van der Waals surface area contributed by atoms with Gasteiger partial charge in [-0.3, -0.25) is 0 Å². The fourth-order valence-corrected chi connectivity index (χ4v) is 3.27. The number of fused-ring (bicyclic) bond motifs is 1. The summed E-state index contributed by atoms with van der Waals surface area (Å²) in [6.45, 7) is 0. The number of rotatable bonds is 5. The molecule has 0 aliphatic rings. The molecule has 2 N–H and O–H groups in total. The zero-order valence-corrected chi connectivity index (χ0v) is 14.1. The number of anilines is 1. The van der Waals surface area contributed by atoms with Crippen molar-refractivity contribution in [2.24, 2.45) is 0 Å². The van der Waals surface area contributed by atoms with E-state index in [4.69, 9.17) is 21.1 Å². The van der Waals surface area contributed by atoms with Gasteiger partial charge in [-0.15, -0.1) is 0 Å². The molecule has 0 aliphatic heterocycles. The molecule has 0 bridgehead atoms. The van der Waals surface area contributed by atoms with Crippen LogP contribution in [0.1, 0.15) is 0 Å². The van der Waals surface area contributed by atoms with Gasteiger partial charge in [-0.25, -0.2) is 18.1 Å². The predicted molar refractivity (Wildman–Crippen MR) is 87.0 cm³/mol. The highest BCUT2D eigenvalue weighted by atomic mass is 35.5.